The molecule has 0 saturated heterocycles. The maximum absolute atomic E-state index is 13.1. The van der Waals surface area contributed by atoms with Gasteiger partial charge in [0.1, 0.15) is 17.0 Å². The largest absolute Gasteiger partial charge is 0.477 e. The number of nitrogens with zero attached hydrogens (tertiary/aromatic N) is 2. The van der Waals surface area contributed by atoms with E-state index in [0.29, 0.717) is 22.5 Å². The minimum absolute atomic E-state index is 0.131. The molecule has 126 valence electrons. The van der Waals surface area contributed by atoms with E-state index in [2.05, 4.69) is 4.98 Å². The van der Waals surface area contributed by atoms with E-state index in [-0.39, 0.29) is 17.9 Å². The van der Waals surface area contributed by atoms with E-state index < -0.39 is 11.5 Å². The Kier molecular flexibility index (Phi) is 3.60. The molecular weight excluding hydrogens is 323 g/mol. The predicted molar refractivity (Wildman–Crippen MR) is 90.4 cm³/mol. The topological polar surface area (TPSA) is 72.2 Å². The standard InChI is InChI=1S/C19H15FN2O3/c20-15-5-1-11(2-6-15)10-22-17-13(8-16(18(22)23)19(24)25)7-14(9-21-17)12-3-4-12/h1-2,5-9,12H,3-4,10H2,(H,24,25). The molecule has 25 heavy (non-hydrogen) atoms. The highest BCUT2D eigenvalue weighted by Gasteiger charge is 2.25. The van der Waals surface area contributed by atoms with Gasteiger partial charge >= 0.3 is 5.97 Å². The summed E-state index contributed by atoms with van der Waals surface area (Å²) in [6.45, 7) is 0.131. The SMILES string of the molecule is O=C(O)c1cc2cc(C3CC3)cnc2n(Cc2ccc(F)cc2)c1=O. The number of pyridine rings is 2. The van der Waals surface area contributed by atoms with Crippen molar-refractivity contribution in [2.45, 2.75) is 25.3 Å². The molecule has 0 atom stereocenters. The second-order valence-electron chi connectivity index (χ2n) is 6.34. The van der Waals surface area contributed by atoms with Crippen LogP contribution in [0.2, 0.25) is 0 Å². The maximum Gasteiger partial charge on any atom is 0.341 e. The third kappa shape index (κ3) is 2.91. The van der Waals surface area contributed by atoms with E-state index >= 15 is 0 Å². The zero-order valence-corrected chi connectivity index (χ0v) is 13.3. The van der Waals surface area contributed by atoms with Gasteiger partial charge in [-0.15, -0.1) is 0 Å². The van der Waals surface area contributed by atoms with Crippen molar-refractivity contribution in [1.29, 1.82) is 0 Å². The number of carboxylic acid groups (broad SMARTS) is 1. The van der Waals surface area contributed by atoms with Crippen LogP contribution in [-0.2, 0) is 6.54 Å². The van der Waals surface area contributed by atoms with Gasteiger partial charge in [0.15, 0.2) is 0 Å². The van der Waals surface area contributed by atoms with Gasteiger partial charge in [-0.2, -0.15) is 0 Å². The summed E-state index contributed by atoms with van der Waals surface area (Å²) in [5, 5.41) is 9.99. The molecule has 2 heterocycles. The molecule has 1 aliphatic rings. The van der Waals surface area contributed by atoms with Crippen LogP contribution in [0.25, 0.3) is 11.0 Å². The summed E-state index contributed by atoms with van der Waals surface area (Å²) >= 11 is 0. The van der Waals surface area contributed by atoms with Gasteiger partial charge in [0.2, 0.25) is 0 Å². The van der Waals surface area contributed by atoms with E-state index in [1.807, 2.05) is 6.07 Å². The molecule has 0 amide bonds. The van der Waals surface area contributed by atoms with Crippen molar-refractivity contribution in [3.05, 3.63) is 75.5 Å². The third-order valence-corrected chi connectivity index (χ3v) is 4.48. The fourth-order valence-electron chi connectivity index (χ4n) is 2.99. The lowest BCUT2D eigenvalue weighted by atomic mass is 10.1. The van der Waals surface area contributed by atoms with Gasteiger partial charge in [-0.1, -0.05) is 12.1 Å². The van der Waals surface area contributed by atoms with E-state index in [0.717, 1.165) is 18.4 Å². The monoisotopic (exact) mass is 338 g/mol. The Labute approximate surface area is 142 Å². The third-order valence-electron chi connectivity index (χ3n) is 4.48. The molecule has 3 aromatic rings. The molecule has 2 aromatic heterocycles. The molecule has 0 aliphatic heterocycles. The van der Waals surface area contributed by atoms with Crippen LogP contribution >= 0.6 is 0 Å². The van der Waals surface area contributed by atoms with E-state index in [4.69, 9.17) is 0 Å². The quantitative estimate of drug-likeness (QED) is 0.793. The fourth-order valence-corrected chi connectivity index (χ4v) is 2.99. The van der Waals surface area contributed by atoms with Crippen LogP contribution < -0.4 is 5.56 Å². The molecule has 0 radical (unpaired) electrons. The number of aromatic nitrogens is 2. The maximum atomic E-state index is 13.1. The van der Waals surface area contributed by atoms with Crippen molar-refractivity contribution in [3.8, 4) is 0 Å². The summed E-state index contributed by atoms with van der Waals surface area (Å²) in [6, 6.07) is 9.05. The summed E-state index contributed by atoms with van der Waals surface area (Å²) in [7, 11) is 0. The molecule has 6 heteroatoms. The van der Waals surface area contributed by atoms with Crippen LogP contribution in [-0.4, -0.2) is 20.6 Å². The van der Waals surface area contributed by atoms with E-state index in [9.17, 15) is 19.1 Å². The molecule has 1 N–H and O–H groups in total. The highest BCUT2D eigenvalue weighted by molar-refractivity contribution is 5.92. The summed E-state index contributed by atoms with van der Waals surface area (Å²) in [4.78, 5) is 28.5. The number of rotatable bonds is 4. The van der Waals surface area contributed by atoms with Crippen molar-refractivity contribution < 1.29 is 14.3 Å². The first kappa shape index (κ1) is 15.5. The van der Waals surface area contributed by atoms with Crippen molar-refractivity contribution >= 4 is 17.0 Å². The van der Waals surface area contributed by atoms with E-state index in [1.54, 1.807) is 18.3 Å². The zero-order valence-electron chi connectivity index (χ0n) is 13.3. The Morgan fingerprint density at radius 2 is 1.96 bits per heavy atom. The average molecular weight is 338 g/mol. The summed E-state index contributed by atoms with van der Waals surface area (Å²) in [6.07, 6.45) is 3.96. The molecule has 0 unspecified atom stereocenters. The minimum Gasteiger partial charge on any atom is -0.477 e. The first-order valence-electron chi connectivity index (χ1n) is 8.04. The Morgan fingerprint density at radius 3 is 2.60 bits per heavy atom. The van der Waals surface area contributed by atoms with Gasteiger partial charge in [-0.25, -0.2) is 14.2 Å². The van der Waals surface area contributed by atoms with Crippen molar-refractivity contribution in [2.24, 2.45) is 0 Å². The van der Waals surface area contributed by atoms with Crippen LogP contribution in [0, 0.1) is 5.82 Å². The first-order chi connectivity index (χ1) is 12.0. The summed E-state index contributed by atoms with van der Waals surface area (Å²) in [5.74, 6) is -1.16. The Balaban J connectivity index is 1.90. The average Bonchev–Trinajstić information content (AvgIpc) is 3.43. The van der Waals surface area contributed by atoms with Crippen LogP contribution in [0.5, 0.6) is 0 Å². The van der Waals surface area contributed by atoms with Crippen molar-refractivity contribution in [1.82, 2.24) is 9.55 Å². The number of carboxylic acids is 1. The Morgan fingerprint density at radius 1 is 1.24 bits per heavy atom. The summed E-state index contributed by atoms with van der Waals surface area (Å²) in [5.41, 5.74) is 1.29. The predicted octanol–water partition coefficient (Wildman–Crippen LogP) is 3.16. The number of carbonyl (C=O) groups is 1. The Bertz CT molecular complexity index is 1040. The second kappa shape index (κ2) is 5.81. The van der Waals surface area contributed by atoms with Crippen LogP contribution in [0.1, 0.15) is 40.2 Å². The molecule has 1 aliphatic carbocycles. The lowest BCUT2D eigenvalue weighted by molar-refractivity contribution is 0.0694. The number of fused-ring (bicyclic) bond motifs is 1. The van der Waals surface area contributed by atoms with Crippen molar-refractivity contribution in [2.75, 3.05) is 0 Å². The van der Waals surface area contributed by atoms with Gasteiger partial charge in [0.05, 0.1) is 6.54 Å². The molecule has 1 fully saturated rings. The fraction of sp³-hybridized carbons (Fsp3) is 0.211. The number of benzene rings is 1. The minimum atomic E-state index is -1.27. The lowest BCUT2D eigenvalue weighted by Crippen LogP contribution is -2.27. The number of hydrogen-bond acceptors (Lipinski definition) is 3. The normalized spacial score (nSPS) is 14.0. The zero-order chi connectivity index (χ0) is 17.6. The van der Waals surface area contributed by atoms with Crippen molar-refractivity contribution in [3.63, 3.8) is 0 Å². The van der Waals surface area contributed by atoms with E-state index in [1.165, 1.54) is 22.8 Å². The smallest absolute Gasteiger partial charge is 0.341 e. The summed E-state index contributed by atoms with van der Waals surface area (Å²) < 4.78 is 14.4. The first-order valence-corrected chi connectivity index (χ1v) is 8.04. The molecular formula is C19H15FN2O3. The molecule has 4 rings (SSSR count). The molecule has 0 bridgehead atoms. The Hall–Kier alpha value is -3.02. The highest BCUT2D eigenvalue weighted by atomic mass is 19.1. The van der Waals surface area contributed by atoms with Crippen LogP contribution in [0.3, 0.4) is 0 Å². The van der Waals surface area contributed by atoms with Gasteiger partial charge < -0.3 is 5.11 Å². The molecule has 1 saturated carbocycles. The number of hydrogen-bond donors (Lipinski definition) is 1. The van der Waals surface area contributed by atoms with Crippen LogP contribution in [0.4, 0.5) is 4.39 Å². The van der Waals surface area contributed by atoms with Gasteiger partial charge in [0.25, 0.3) is 5.56 Å². The molecule has 1 aromatic carbocycles. The van der Waals surface area contributed by atoms with Gasteiger partial charge in [0, 0.05) is 11.6 Å². The molecule has 0 spiro atoms. The second-order valence-corrected chi connectivity index (χ2v) is 6.34. The molecule has 5 nitrogen and oxygen atoms in total. The van der Waals surface area contributed by atoms with Crippen LogP contribution in [0.15, 0.2) is 47.4 Å². The number of aromatic carboxylic acids is 1. The van der Waals surface area contributed by atoms with Gasteiger partial charge in [-0.3, -0.25) is 9.36 Å². The number of halogens is 1. The lowest BCUT2D eigenvalue weighted by Gasteiger charge is -2.12. The van der Waals surface area contributed by atoms with Gasteiger partial charge in [-0.05, 0) is 54.2 Å². The highest BCUT2D eigenvalue weighted by Crippen LogP contribution is 2.40.